The number of hydrogen-bond donors (Lipinski definition) is 1. The van der Waals surface area contributed by atoms with Gasteiger partial charge in [-0.2, -0.15) is 0 Å². The summed E-state index contributed by atoms with van der Waals surface area (Å²) in [6.45, 7) is 1.97. The highest BCUT2D eigenvalue weighted by molar-refractivity contribution is 9.10. The molecular weight excluding hydrogens is 248 g/mol. The van der Waals surface area contributed by atoms with Crippen LogP contribution in [0.2, 0.25) is 0 Å². The lowest BCUT2D eigenvalue weighted by Crippen LogP contribution is -1.95. The highest BCUT2D eigenvalue weighted by atomic mass is 79.9. The van der Waals surface area contributed by atoms with E-state index in [1.54, 1.807) is 0 Å². The molecule has 0 aliphatic carbocycles. The Kier molecular flexibility index (Phi) is 2.25. The molecule has 5 heteroatoms. The molecular formula is C9H7BrN2O2. The van der Waals surface area contributed by atoms with Crippen LogP contribution in [0.3, 0.4) is 0 Å². The first-order valence-corrected chi connectivity index (χ1v) is 4.78. The van der Waals surface area contributed by atoms with Crippen molar-refractivity contribution in [2.45, 2.75) is 6.92 Å². The second kappa shape index (κ2) is 3.42. The molecule has 2 rings (SSSR count). The van der Waals surface area contributed by atoms with Gasteiger partial charge in [0.2, 0.25) is 0 Å². The summed E-state index contributed by atoms with van der Waals surface area (Å²) >= 11 is 3.37. The molecule has 0 spiro atoms. The summed E-state index contributed by atoms with van der Waals surface area (Å²) in [6, 6.07) is 5.78. The second-order valence-electron chi connectivity index (χ2n) is 2.93. The Morgan fingerprint density at radius 3 is 2.93 bits per heavy atom. The van der Waals surface area contributed by atoms with Gasteiger partial charge in [0.05, 0.1) is 0 Å². The van der Waals surface area contributed by atoms with E-state index in [1.807, 2.05) is 25.1 Å². The van der Waals surface area contributed by atoms with Gasteiger partial charge in [0.15, 0.2) is 5.82 Å². The Labute approximate surface area is 88.1 Å². The molecule has 0 radical (unpaired) electrons. The van der Waals surface area contributed by atoms with Gasteiger partial charge in [0.25, 0.3) is 0 Å². The quantitative estimate of drug-likeness (QED) is 0.848. The minimum Gasteiger partial charge on any atom is -0.296 e. The van der Waals surface area contributed by atoms with Gasteiger partial charge in [-0.25, -0.2) is 4.79 Å². The van der Waals surface area contributed by atoms with Crippen molar-refractivity contribution < 1.29 is 4.52 Å². The van der Waals surface area contributed by atoms with Crippen molar-refractivity contribution in [1.29, 1.82) is 0 Å². The zero-order valence-electron chi connectivity index (χ0n) is 7.37. The van der Waals surface area contributed by atoms with Crippen LogP contribution >= 0.6 is 15.9 Å². The molecule has 0 aliphatic rings. The topological polar surface area (TPSA) is 58.9 Å². The second-order valence-corrected chi connectivity index (χ2v) is 3.78. The Balaban J connectivity index is 2.61. The van der Waals surface area contributed by atoms with Gasteiger partial charge in [-0.05, 0) is 19.1 Å². The number of benzene rings is 1. The average molecular weight is 255 g/mol. The molecule has 1 aromatic carbocycles. The summed E-state index contributed by atoms with van der Waals surface area (Å²) < 4.78 is 5.30. The Morgan fingerprint density at radius 2 is 2.29 bits per heavy atom. The first-order chi connectivity index (χ1) is 6.66. The summed E-state index contributed by atoms with van der Waals surface area (Å²) in [4.78, 5) is 13.3. The Morgan fingerprint density at radius 1 is 1.50 bits per heavy atom. The van der Waals surface area contributed by atoms with Gasteiger partial charge in [-0.1, -0.05) is 32.7 Å². The SMILES string of the molecule is Cc1ccc(Br)c(-c2noc(=O)[nH]2)c1. The molecule has 0 atom stereocenters. The molecule has 0 saturated carbocycles. The zero-order valence-corrected chi connectivity index (χ0v) is 8.96. The van der Waals surface area contributed by atoms with Crippen LogP contribution < -0.4 is 5.76 Å². The molecule has 72 valence electrons. The van der Waals surface area contributed by atoms with E-state index in [0.29, 0.717) is 5.82 Å². The number of aryl methyl sites for hydroxylation is 1. The average Bonchev–Trinajstić information content (AvgIpc) is 2.56. The number of hydrogen-bond acceptors (Lipinski definition) is 3. The van der Waals surface area contributed by atoms with E-state index in [9.17, 15) is 4.79 Å². The first-order valence-electron chi connectivity index (χ1n) is 3.99. The van der Waals surface area contributed by atoms with Gasteiger partial charge in [-0.15, -0.1) is 0 Å². The number of aromatic amines is 1. The number of halogens is 1. The molecule has 0 unspecified atom stereocenters. The predicted molar refractivity (Wildman–Crippen MR) is 55.0 cm³/mol. The lowest BCUT2D eigenvalue weighted by Gasteiger charge is -2.00. The van der Waals surface area contributed by atoms with Gasteiger partial charge in [0, 0.05) is 10.0 Å². The van der Waals surface area contributed by atoms with Gasteiger partial charge >= 0.3 is 5.76 Å². The molecule has 1 N–H and O–H groups in total. The summed E-state index contributed by atoms with van der Waals surface area (Å²) in [5, 5.41) is 3.61. The van der Waals surface area contributed by atoms with Gasteiger partial charge < -0.3 is 0 Å². The third kappa shape index (κ3) is 1.63. The summed E-state index contributed by atoms with van der Waals surface area (Å²) in [5.74, 6) is -0.112. The molecule has 1 aromatic heterocycles. The summed E-state index contributed by atoms with van der Waals surface area (Å²) in [5.41, 5.74) is 1.91. The van der Waals surface area contributed by atoms with Crippen LogP contribution in [0.4, 0.5) is 0 Å². The van der Waals surface area contributed by atoms with Crippen LogP contribution in [0, 0.1) is 6.92 Å². The van der Waals surface area contributed by atoms with E-state index in [4.69, 9.17) is 0 Å². The maximum absolute atomic E-state index is 10.8. The lowest BCUT2D eigenvalue weighted by atomic mass is 10.1. The molecule has 1 heterocycles. The van der Waals surface area contributed by atoms with E-state index in [-0.39, 0.29) is 0 Å². The minimum atomic E-state index is -0.548. The predicted octanol–water partition coefficient (Wildman–Crippen LogP) is 2.10. The van der Waals surface area contributed by atoms with Crippen LogP contribution in [0.25, 0.3) is 11.4 Å². The normalized spacial score (nSPS) is 10.4. The van der Waals surface area contributed by atoms with Crippen LogP contribution in [0.5, 0.6) is 0 Å². The van der Waals surface area contributed by atoms with Crippen molar-refractivity contribution in [2.24, 2.45) is 0 Å². The van der Waals surface area contributed by atoms with Crippen molar-refractivity contribution >= 4 is 15.9 Å². The zero-order chi connectivity index (χ0) is 10.1. The molecule has 2 aromatic rings. The van der Waals surface area contributed by atoms with Crippen molar-refractivity contribution in [3.05, 3.63) is 38.8 Å². The largest absolute Gasteiger partial charge is 0.439 e. The minimum absolute atomic E-state index is 0.436. The number of nitrogens with one attached hydrogen (secondary N) is 1. The van der Waals surface area contributed by atoms with Crippen LogP contribution in [0.15, 0.2) is 32.0 Å². The molecule has 4 nitrogen and oxygen atoms in total. The number of nitrogens with zero attached hydrogens (tertiary/aromatic N) is 1. The number of H-pyrrole nitrogens is 1. The molecule has 0 aliphatic heterocycles. The molecule has 0 amide bonds. The molecule has 14 heavy (non-hydrogen) atoms. The first kappa shape index (κ1) is 9.21. The van der Waals surface area contributed by atoms with Crippen LogP contribution in [0.1, 0.15) is 5.56 Å². The van der Waals surface area contributed by atoms with E-state index in [1.165, 1.54) is 0 Å². The fourth-order valence-electron chi connectivity index (χ4n) is 1.17. The monoisotopic (exact) mass is 254 g/mol. The lowest BCUT2D eigenvalue weighted by molar-refractivity contribution is 0.388. The maximum atomic E-state index is 10.8. The van der Waals surface area contributed by atoms with Crippen molar-refractivity contribution in [3.8, 4) is 11.4 Å². The van der Waals surface area contributed by atoms with Crippen molar-refractivity contribution in [3.63, 3.8) is 0 Å². The van der Waals surface area contributed by atoms with Gasteiger partial charge in [-0.3, -0.25) is 9.51 Å². The van der Waals surface area contributed by atoms with E-state index < -0.39 is 5.76 Å². The Hall–Kier alpha value is -1.36. The van der Waals surface area contributed by atoms with Gasteiger partial charge in [0.1, 0.15) is 0 Å². The van der Waals surface area contributed by atoms with E-state index >= 15 is 0 Å². The standard InChI is InChI=1S/C9H7BrN2O2/c1-5-2-3-7(10)6(4-5)8-11-9(13)14-12-8/h2-4H,1H3,(H,11,12,13). The highest BCUT2D eigenvalue weighted by Crippen LogP contribution is 2.25. The molecule has 0 fully saturated rings. The van der Waals surface area contributed by atoms with Crippen LogP contribution in [-0.4, -0.2) is 10.1 Å². The fourth-order valence-corrected chi connectivity index (χ4v) is 1.60. The third-order valence-electron chi connectivity index (χ3n) is 1.82. The summed E-state index contributed by atoms with van der Waals surface area (Å²) in [6.07, 6.45) is 0. The number of rotatable bonds is 1. The van der Waals surface area contributed by atoms with Crippen molar-refractivity contribution in [1.82, 2.24) is 10.1 Å². The smallest absolute Gasteiger partial charge is 0.296 e. The maximum Gasteiger partial charge on any atom is 0.439 e. The van der Waals surface area contributed by atoms with E-state index in [0.717, 1.165) is 15.6 Å². The fraction of sp³-hybridized carbons (Fsp3) is 0.111. The van der Waals surface area contributed by atoms with E-state index in [2.05, 4.69) is 30.6 Å². The highest BCUT2D eigenvalue weighted by Gasteiger charge is 2.07. The third-order valence-corrected chi connectivity index (χ3v) is 2.51. The van der Waals surface area contributed by atoms with Crippen LogP contribution in [-0.2, 0) is 0 Å². The molecule has 0 saturated heterocycles. The summed E-state index contributed by atoms with van der Waals surface area (Å²) in [7, 11) is 0. The Bertz CT molecular complexity index is 516. The van der Waals surface area contributed by atoms with Crippen molar-refractivity contribution in [2.75, 3.05) is 0 Å². The number of aromatic nitrogens is 2. The molecule has 0 bridgehead atoms.